The van der Waals surface area contributed by atoms with Crippen molar-refractivity contribution in [1.29, 1.82) is 0 Å². The lowest BCUT2D eigenvalue weighted by atomic mass is 10.0. The van der Waals surface area contributed by atoms with E-state index in [1.54, 1.807) is 24.3 Å². The first-order valence-corrected chi connectivity index (χ1v) is 8.10. The van der Waals surface area contributed by atoms with Crippen LogP contribution in [-0.4, -0.2) is 11.7 Å². The van der Waals surface area contributed by atoms with Gasteiger partial charge in [-0.25, -0.2) is 4.39 Å². The number of aromatic hydroxyl groups is 1. The molecule has 0 saturated carbocycles. The average molecular weight is 334 g/mol. The zero-order valence-corrected chi connectivity index (χ0v) is 14.1. The molecule has 4 heteroatoms. The number of phenols is 1. The van der Waals surface area contributed by atoms with Crippen molar-refractivity contribution in [2.75, 3.05) is 11.9 Å². The fourth-order valence-corrected chi connectivity index (χ4v) is 2.69. The Bertz CT molecular complexity index is 692. The molecule has 0 radical (unpaired) electrons. The highest BCUT2D eigenvalue weighted by molar-refractivity contribution is 6.32. The van der Waals surface area contributed by atoms with E-state index in [0.717, 1.165) is 30.5 Å². The Balaban J connectivity index is 2.29. The minimum absolute atomic E-state index is 0.208. The van der Waals surface area contributed by atoms with E-state index in [2.05, 4.69) is 12.2 Å². The summed E-state index contributed by atoms with van der Waals surface area (Å²) in [6, 6.07) is 9.93. The summed E-state index contributed by atoms with van der Waals surface area (Å²) in [5.74, 6) is -0.133. The van der Waals surface area contributed by atoms with Gasteiger partial charge in [0.2, 0.25) is 0 Å². The Morgan fingerprint density at radius 2 is 2.09 bits per heavy atom. The summed E-state index contributed by atoms with van der Waals surface area (Å²) in [6.45, 7) is 4.74. The molecule has 0 aliphatic heterocycles. The van der Waals surface area contributed by atoms with Crippen molar-refractivity contribution >= 4 is 28.9 Å². The predicted octanol–water partition coefficient (Wildman–Crippen LogP) is 5.96. The van der Waals surface area contributed by atoms with Gasteiger partial charge in [0.05, 0.1) is 10.7 Å². The number of unbranched alkanes of at least 4 members (excludes halogenated alkanes) is 1. The topological polar surface area (TPSA) is 32.3 Å². The third-order valence-electron chi connectivity index (χ3n) is 3.61. The van der Waals surface area contributed by atoms with Gasteiger partial charge >= 0.3 is 0 Å². The second kappa shape index (κ2) is 8.02. The van der Waals surface area contributed by atoms with Gasteiger partial charge in [-0.05, 0) is 48.7 Å². The summed E-state index contributed by atoms with van der Waals surface area (Å²) in [5, 5.41) is 13.5. The van der Waals surface area contributed by atoms with Crippen LogP contribution in [0.25, 0.3) is 11.6 Å². The van der Waals surface area contributed by atoms with Gasteiger partial charge in [0.15, 0.2) is 0 Å². The molecule has 0 atom stereocenters. The van der Waals surface area contributed by atoms with Crippen molar-refractivity contribution in [1.82, 2.24) is 0 Å². The maximum absolute atomic E-state index is 14.0. The summed E-state index contributed by atoms with van der Waals surface area (Å²) in [5.41, 5.74) is 2.69. The number of rotatable bonds is 6. The third-order valence-corrected chi connectivity index (χ3v) is 3.92. The van der Waals surface area contributed by atoms with Gasteiger partial charge in [-0.15, -0.1) is 0 Å². The number of hydrogen-bond acceptors (Lipinski definition) is 2. The average Bonchev–Trinajstić information content (AvgIpc) is 2.50. The van der Waals surface area contributed by atoms with Crippen LogP contribution in [-0.2, 0) is 0 Å². The molecule has 0 unspecified atom stereocenters. The first-order chi connectivity index (χ1) is 11.0. The van der Waals surface area contributed by atoms with Crippen LogP contribution in [0.4, 0.5) is 10.1 Å². The number of nitrogens with one attached hydrogen (secondary N) is 1. The Hall–Kier alpha value is -2.00. The van der Waals surface area contributed by atoms with Crippen molar-refractivity contribution < 1.29 is 9.50 Å². The minimum Gasteiger partial charge on any atom is -0.506 e. The molecule has 0 spiro atoms. The number of phenolic OH excluding ortho intramolecular Hbond substituents is 1. The molecule has 2 rings (SSSR count). The Morgan fingerprint density at radius 3 is 2.78 bits per heavy atom. The quantitative estimate of drug-likeness (QED) is 0.388. The molecule has 0 amide bonds. The van der Waals surface area contributed by atoms with E-state index >= 15 is 0 Å². The third kappa shape index (κ3) is 4.49. The monoisotopic (exact) mass is 333 g/mol. The van der Waals surface area contributed by atoms with Crippen LogP contribution in [0.2, 0.25) is 5.02 Å². The number of hydrogen-bond donors (Lipinski definition) is 2. The van der Waals surface area contributed by atoms with Crippen LogP contribution in [0.15, 0.2) is 36.4 Å². The molecule has 23 heavy (non-hydrogen) atoms. The molecule has 2 nitrogen and oxygen atoms in total. The summed E-state index contributed by atoms with van der Waals surface area (Å²) >= 11 is 6.10. The van der Waals surface area contributed by atoms with E-state index in [9.17, 15) is 9.50 Å². The number of allylic oxidation sites excluding steroid dienone is 1. The lowest BCUT2D eigenvalue weighted by Crippen LogP contribution is -2.01. The second-order valence-corrected chi connectivity index (χ2v) is 5.89. The molecule has 0 saturated heterocycles. The van der Waals surface area contributed by atoms with Gasteiger partial charge < -0.3 is 10.4 Å². The molecule has 0 aliphatic carbocycles. The molecule has 0 aliphatic rings. The van der Waals surface area contributed by atoms with E-state index in [-0.39, 0.29) is 11.6 Å². The van der Waals surface area contributed by atoms with Crippen LogP contribution < -0.4 is 5.32 Å². The first-order valence-electron chi connectivity index (χ1n) is 7.72. The van der Waals surface area contributed by atoms with Crippen molar-refractivity contribution in [2.24, 2.45) is 0 Å². The maximum Gasteiger partial charge on any atom is 0.138 e. The standard InChI is InChI=1S/C19H21ClFNO/c1-3-4-10-22-17-12-14(8-9-18(17)23)11-13(2)19-15(20)6-5-7-16(19)21/h5-9,11-12,22-23H,3-4,10H2,1-2H3/b13-11+. The molecule has 0 heterocycles. The highest BCUT2D eigenvalue weighted by atomic mass is 35.5. The second-order valence-electron chi connectivity index (χ2n) is 5.48. The van der Waals surface area contributed by atoms with Gasteiger partial charge in [0, 0.05) is 12.1 Å². The predicted molar refractivity (Wildman–Crippen MR) is 96.5 cm³/mol. The molecular formula is C19H21ClFNO. The van der Waals surface area contributed by atoms with Gasteiger partial charge in [-0.3, -0.25) is 0 Å². The van der Waals surface area contributed by atoms with Crippen molar-refractivity contribution in [3.8, 4) is 5.75 Å². The Kier molecular flexibility index (Phi) is 6.05. The van der Waals surface area contributed by atoms with Crippen molar-refractivity contribution in [2.45, 2.75) is 26.7 Å². The smallest absolute Gasteiger partial charge is 0.138 e. The summed E-state index contributed by atoms with van der Waals surface area (Å²) in [7, 11) is 0. The number of anilines is 1. The fourth-order valence-electron chi connectivity index (χ4n) is 2.38. The lowest BCUT2D eigenvalue weighted by molar-refractivity contribution is 0.477. The van der Waals surface area contributed by atoms with Crippen LogP contribution in [0, 0.1) is 5.82 Å². The fraction of sp³-hybridized carbons (Fsp3) is 0.263. The molecule has 0 bridgehead atoms. The van der Waals surface area contributed by atoms with Gasteiger partial charge in [0.1, 0.15) is 11.6 Å². The zero-order valence-electron chi connectivity index (χ0n) is 13.4. The summed E-state index contributed by atoms with van der Waals surface area (Å²) in [4.78, 5) is 0. The summed E-state index contributed by atoms with van der Waals surface area (Å²) in [6.07, 6.45) is 3.97. The van der Waals surface area contributed by atoms with Crippen LogP contribution in [0.3, 0.4) is 0 Å². The Morgan fingerprint density at radius 1 is 1.30 bits per heavy atom. The molecule has 0 aromatic heterocycles. The molecule has 2 aromatic carbocycles. The van der Waals surface area contributed by atoms with Crippen molar-refractivity contribution in [3.05, 3.63) is 58.4 Å². The van der Waals surface area contributed by atoms with Gasteiger partial charge in [-0.1, -0.05) is 43.2 Å². The van der Waals surface area contributed by atoms with Gasteiger partial charge in [0.25, 0.3) is 0 Å². The van der Waals surface area contributed by atoms with Crippen LogP contribution in [0.5, 0.6) is 5.75 Å². The highest BCUT2D eigenvalue weighted by Crippen LogP contribution is 2.30. The van der Waals surface area contributed by atoms with Crippen molar-refractivity contribution in [3.63, 3.8) is 0 Å². The highest BCUT2D eigenvalue weighted by Gasteiger charge is 2.09. The summed E-state index contributed by atoms with van der Waals surface area (Å²) < 4.78 is 14.0. The van der Waals surface area contributed by atoms with E-state index in [1.165, 1.54) is 6.07 Å². The Labute approximate surface area is 141 Å². The van der Waals surface area contributed by atoms with E-state index in [1.807, 2.05) is 19.1 Å². The molecule has 2 aromatic rings. The maximum atomic E-state index is 14.0. The molecule has 0 fully saturated rings. The molecular weight excluding hydrogens is 313 g/mol. The largest absolute Gasteiger partial charge is 0.506 e. The van der Waals surface area contributed by atoms with Crippen LogP contribution >= 0.6 is 11.6 Å². The van der Waals surface area contributed by atoms with E-state index in [0.29, 0.717) is 16.3 Å². The molecule has 2 N–H and O–H groups in total. The van der Waals surface area contributed by atoms with E-state index in [4.69, 9.17) is 11.6 Å². The SMILES string of the molecule is CCCCNc1cc(/C=C(\C)c2c(F)cccc2Cl)ccc1O. The normalized spacial score (nSPS) is 11.6. The lowest BCUT2D eigenvalue weighted by Gasteiger charge is -2.10. The van der Waals surface area contributed by atoms with Crippen LogP contribution in [0.1, 0.15) is 37.8 Å². The minimum atomic E-state index is -0.341. The molecule has 122 valence electrons. The zero-order chi connectivity index (χ0) is 16.8. The number of halogens is 2. The number of benzene rings is 2. The van der Waals surface area contributed by atoms with E-state index < -0.39 is 0 Å². The van der Waals surface area contributed by atoms with Gasteiger partial charge in [-0.2, -0.15) is 0 Å². The first kappa shape index (κ1) is 17.4.